The number of anilines is 1. The SMILES string of the molecule is O=C(NCC1Cc2ccccc2CO1)Nc1ccc(Cl)c(Cl)c1. The van der Waals surface area contributed by atoms with Gasteiger partial charge in [0.1, 0.15) is 0 Å². The third-order valence-corrected chi connectivity index (χ3v) is 4.45. The van der Waals surface area contributed by atoms with Crippen LogP contribution in [0, 0.1) is 0 Å². The lowest BCUT2D eigenvalue weighted by molar-refractivity contribution is 0.0308. The molecule has 1 atom stereocenters. The number of halogens is 2. The van der Waals surface area contributed by atoms with Crippen LogP contribution in [-0.4, -0.2) is 18.7 Å². The Morgan fingerprint density at radius 3 is 2.70 bits per heavy atom. The molecule has 3 rings (SSSR count). The molecule has 2 aromatic rings. The molecule has 0 spiro atoms. The lowest BCUT2D eigenvalue weighted by Crippen LogP contribution is -2.38. The van der Waals surface area contributed by atoms with Gasteiger partial charge in [0.05, 0.1) is 22.8 Å². The van der Waals surface area contributed by atoms with Crippen molar-refractivity contribution in [2.45, 2.75) is 19.1 Å². The van der Waals surface area contributed by atoms with Crippen molar-refractivity contribution >= 4 is 34.9 Å². The number of hydrogen-bond donors (Lipinski definition) is 2. The first-order chi connectivity index (χ1) is 11.1. The second kappa shape index (κ2) is 7.21. The summed E-state index contributed by atoms with van der Waals surface area (Å²) in [6.07, 6.45) is 0.771. The largest absolute Gasteiger partial charge is 0.371 e. The van der Waals surface area contributed by atoms with Crippen molar-refractivity contribution < 1.29 is 9.53 Å². The Morgan fingerprint density at radius 1 is 1.13 bits per heavy atom. The van der Waals surface area contributed by atoms with Crippen LogP contribution in [0.5, 0.6) is 0 Å². The highest BCUT2D eigenvalue weighted by atomic mass is 35.5. The number of urea groups is 1. The molecule has 0 aliphatic carbocycles. The fourth-order valence-corrected chi connectivity index (χ4v) is 2.79. The average molecular weight is 351 g/mol. The first-order valence-electron chi connectivity index (χ1n) is 7.30. The molecule has 0 fully saturated rings. The van der Waals surface area contributed by atoms with E-state index >= 15 is 0 Å². The fraction of sp³-hybridized carbons (Fsp3) is 0.235. The molecule has 0 saturated carbocycles. The Kier molecular flexibility index (Phi) is 5.06. The lowest BCUT2D eigenvalue weighted by Gasteiger charge is -2.25. The molecule has 1 unspecified atom stereocenters. The van der Waals surface area contributed by atoms with Crippen molar-refractivity contribution in [3.8, 4) is 0 Å². The van der Waals surface area contributed by atoms with E-state index in [4.69, 9.17) is 27.9 Å². The minimum absolute atomic E-state index is 0.0237. The molecule has 120 valence electrons. The molecular weight excluding hydrogens is 335 g/mol. The van der Waals surface area contributed by atoms with Gasteiger partial charge in [-0.3, -0.25) is 0 Å². The minimum Gasteiger partial charge on any atom is -0.371 e. The lowest BCUT2D eigenvalue weighted by atomic mass is 9.99. The Morgan fingerprint density at radius 2 is 1.91 bits per heavy atom. The van der Waals surface area contributed by atoms with Gasteiger partial charge in [0.25, 0.3) is 0 Å². The number of carbonyl (C=O) groups is 1. The van der Waals surface area contributed by atoms with E-state index in [0.717, 1.165) is 6.42 Å². The summed E-state index contributed by atoms with van der Waals surface area (Å²) in [7, 11) is 0. The maximum atomic E-state index is 11.9. The summed E-state index contributed by atoms with van der Waals surface area (Å²) in [6.45, 7) is 1.03. The Hall–Kier alpha value is -1.75. The molecule has 1 aliphatic heterocycles. The van der Waals surface area contributed by atoms with Gasteiger partial charge in [0.15, 0.2) is 0 Å². The highest BCUT2D eigenvalue weighted by molar-refractivity contribution is 6.42. The maximum absolute atomic E-state index is 11.9. The van der Waals surface area contributed by atoms with Crippen LogP contribution in [-0.2, 0) is 17.8 Å². The summed E-state index contributed by atoms with van der Waals surface area (Å²) < 4.78 is 5.76. The normalized spacial score (nSPS) is 16.5. The van der Waals surface area contributed by atoms with E-state index in [1.54, 1.807) is 18.2 Å². The Labute approximate surface area is 144 Å². The standard InChI is InChI=1S/C17H16Cl2N2O2/c18-15-6-5-13(8-16(15)19)21-17(22)20-9-14-7-11-3-1-2-4-12(11)10-23-14/h1-6,8,14H,7,9-10H2,(H2,20,21,22). The monoisotopic (exact) mass is 350 g/mol. The number of ether oxygens (including phenoxy) is 1. The molecule has 1 heterocycles. The smallest absolute Gasteiger partial charge is 0.319 e. The van der Waals surface area contributed by atoms with Gasteiger partial charge < -0.3 is 15.4 Å². The van der Waals surface area contributed by atoms with Crippen LogP contribution in [0.1, 0.15) is 11.1 Å². The second-order valence-corrected chi connectivity index (χ2v) is 6.18. The van der Waals surface area contributed by atoms with Crippen LogP contribution < -0.4 is 10.6 Å². The predicted octanol–water partition coefficient (Wildman–Crippen LogP) is 4.26. The van der Waals surface area contributed by atoms with Crippen LogP contribution in [0.25, 0.3) is 0 Å². The summed E-state index contributed by atoms with van der Waals surface area (Å²) in [4.78, 5) is 11.9. The van der Waals surface area contributed by atoms with Gasteiger partial charge in [0, 0.05) is 18.7 Å². The van der Waals surface area contributed by atoms with Crippen LogP contribution >= 0.6 is 23.2 Å². The van der Waals surface area contributed by atoms with E-state index < -0.39 is 0 Å². The van der Waals surface area contributed by atoms with Crippen molar-refractivity contribution in [2.75, 3.05) is 11.9 Å². The number of amides is 2. The maximum Gasteiger partial charge on any atom is 0.319 e. The quantitative estimate of drug-likeness (QED) is 0.868. The molecule has 2 amide bonds. The Bertz CT molecular complexity index is 721. The van der Waals surface area contributed by atoms with Crippen LogP contribution in [0.15, 0.2) is 42.5 Å². The number of fused-ring (bicyclic) bond motifs is 1. The summed E-state index contributed by atoms with van der Waals surface area (Å²) in [5, 5.41) is 6.39. The zero-order chi connectivity index (χ0) is 16.2. The highest BCUT2D eigenvalue weighted by Gasteiger charge is 2.19. The first-order valence-corrected chi connectivity index (χ1v) is 8.05. The summed E-state index contributed by atoms with van der Waals surface area (Å²) in [5.41, 5.74) is 3.08. The average Bonchev–Trinajstić information content (AvgIpc) is 2.56. The number of hydrogen-bond acceptors (Lipinski definition) is 2. The van der Waals surface area contributed by atoms with Gasteiger partial charge in [-0.15, -0.1) is 0 Å². The van der Waals surface area contributed by atoms with Gasteiger partial charge >= 0.3 is 6.03 Å². The van der Waals surface area contributed by atoms with Gasteiger partial charge in [-0.1, -0.05) is 47.5 Å². The zero-order valence-electron chi connectivity index (χ0n) is 12.3. The van der Waals surface area contributed by atoms with E-state index in [9.17, 15) is 4.79 Å². The topological polar surface area (TPSA) is 50.4 Å². The molecule has 0 bridgehead atoms. The summed E-state index contributed by atoms with van der Waals surface area (Å²) in [6, 6.07) is 12.8. The van der Waals surface area contributed by atoms with Crippen LogP contribution in [0.2, 0.25) is 10.0 Å². The van der Waals surface area contributed by atoms with Crippen molar-refractivity contribution in [3.63, 3.8) is 0 Å². The molecule has 23 heavy (non-hydrogen) atoms. The van der Waals surface area contributed by atoms with E-state index in [1.165, 1.54) is 11.1 Å². The predicted molar refractivity (Wildman–Crippen MR) is 92.2 cm³/mol. The van der Waals surface area contributed by atoms with E-state index in [2.05, 4.69) is 22.8 Å². The first kappa shape index (κ1) is 16.1. The molecule has 2 N–H and O–H groups in total. The summed E-state index contributed by atoms with van der Waals surface area (Å²) in [5.74, 6) is 0. The van der Waals surface area contributed by atoms with Gasteiger partial charge in [0.2, 0.25) is 0 Å². The van der Waals surface area contributed by atoms with Gasteiger partial charge in [-0.2, -0.15) is 0 Å². The highest BCUT2D eigenvalue weighted by Crippen LogP contribution is 2.25. The second-order valence-electron chi connectivity index (χ2n) is 5.37. The molecule has 1 aliphatic rings. The third kappa shape index (κ3) is 4.16. The summed E-state index contributed by atoms with van der Waals surface area (Å²) >= 11 is 11.8. The van der Waals surface area contributed by atoms with Gasteiger partial charge in [-0.25, -0.2) is 4.79 Å². The van der Waals surface area contributed by atoms with Crippen molar-refractivity contribution in [1.82, 2.24) is 5.32 Å². The minimum atomic E-state index is -0.300. The third-order valence-electron chi connectivity index (χ3n) is 3.71. The molecule has 4 nitrogen and oxygen atoms in total. The number of nitrogens with one attached hydrogen (secondary N) is 2. The fourth-order valence-electron chi connectivity index (χ4n) is 2.50. The van der Waals surface area contributed by atoms with Crippen LogP contribution in [0.3, 0.4) is 0 Å². The van der Waals surface area contributed by atoms with Gasteiger partial charge in [-0.05, 0) is 29.3 Å². The van der Waals surface area contributed by atoms with Crippen LogP contribution in [0.4, 0.5) is 10.5 Å². The molecule has 6 heteroatoms. The number of rotatable bonds is 3. The number of benzene rings is 2. The Balaban J connectivity index is 1.51. The van der Waals surface area contributed by atoms with Crippen molar-refractivity contribution in [3.05, 3.63) is 63.6 Å². The molecule has 0 aromatic heterocycles. The van der Waals surface area contributed by atoms with E-state index in [-0.39, 0.29) is 12.1 Å². The molecular formula is C17H16Cl2N2O2. The number of carbonyl (C=O) groups excluding carboxylic acids is 1. The molecule has 2 aromatic carbocycles. The van der Waals surface area contributed by atoms with E-state index in [1.807, 2.05) is 12.1 Å². The van der Waals surface area contributed by atoms with E-state index in [0.29, 0.717) is 28.9 Å². The molecule has 0 saturated heterocycles. The van der Waals surface area contributed by atoms with Crippen molar-refractivity contribution in [1.29, 1.82) is 0 Å². The zero-order valence-corrected chi connectivity index (χ0v) is 13.8. The van der Waals surface area contributed by atoms with Crippen molar-refractivity contribution in [2.24, 2.45) is 0 Å². The molecule has 0 radical (unpaired) electrons.